The highest BCUT2D eigenvalue weighted by atomic mass is 16.4. The summed E-state index contributed by atoms with van der Waals surface area (Å²) in [4.78, 5) is 2.26. The van der Waals surface area contributed by atoms with Crippen molar-refractivity contribution in [3.05, 3.63) is 0 Å². The monoisotopic (exact) mass is 210 g/mol. The molecule has 1 atom stereocenters. The fraction of sp³-hybridized carbons (Fsp3) is 0.917. The van der Waals surface area contributed by atoms with Crippen LogP contribution in [-0.4, -0.2) is 38.8 Å². The van der Waals surface area contributed by atoms with Crippen LogP contribution in [0.1, 0.15) is 26.2 Å². The van der Waals surface area contributed by atoms with Crippen molar-refractivity contribution in [1.82, 2.24) is 4.90 Å². The normalized spacial score (nSPS) is 27.7. The van der Waals surface area contributed by atoms with Crippen molar-refractivity contribution in [2.24, 2.45) is 11.3 Å². The molecular formula is C12H22N2O. The Bertz CT molecular complexity index is 228. The highest BCUT2D eigenvalue weighted by Gasteiger charge is 2.46. The molecule has 0 amide bonds. The van der Waals surface area contributed by atoms with Gasteiger partial charge >= 0.3 is 0 Å². The lowest BCUT2D eigenvalue weighted by Crippen LogP contribution is -2.54. The van der Waals surface area contributed by atoms with Crippen LogP contribution in [0.3, 0.4) is 0 Å². The third-order valence-corrected chi connectivity index (χ3v) is 3.36. The lowest BCUT2D eigenvalue weighted by molar-refractivity contribution is 0.0144. The fourth-order valence-corrected chi connectivity index (χ4v) is 2.90. The zero-order chi connectivity index (χ0) is 11.3. The topological polar surface area (TPSA) is 36.3 Å². The highest BCUT2D eigenvalue weighted by Crippen LogP contribution is 2.47. The van der Waals surface area contributed by atoms with Crippen LogP contribution in [0.4, 0.5) is 0 Å². The Morgan fingerprint density at radius 2 is 2.07 bits per heavy atom. The molecule has 0 radical (unpaired) electrons. The molecule has 0 aromatic heterocycles. The summed E-state index contributed by atoms with van der Waals surface area (Å²) in [5.41, 5.74) is 0.635. The summed E-state index contributed by atoms with van der Waals surface area (Å²) in [7, 11) is 3.25. The number of rotatable bonds is 1. The van der Waals surface area contributed by atoms with E-state index in [4.69, 9.17) is 5.26 Å². The molecule has 1 saturated carbocycles. The van der Waals surface area contributed by atoms with E-state index >= 15 is 0 Å². The molecule has 3 heteroatoms. The smallest absolute Gasteiger partial charge is 0.0866 e. The molecule has 0 aromatic carbocycles. The van der Waals surface area contributed by atoms with Gasteiger partial charge in [0.1, 0.15) is 0 Å². The van der Waals surface area contributed by atoms with E-state index in [-0.39, 0.29) is 0 Å². The molecule has 3 nitrogen and oxygen atoms in total. The Hall–Kier alpha value is -0.590. The Morgan fingerprint density at radius 1 is 1.47 bits per heavy atom. The van der Waals surface area contributed by atoms with Gasteiger partial charge in [-0.1, -0.05) is 13.3 Å². The molecule has 15 heavy (non-hydrogen) atoms. The zero-order valence-corrected chi connectivity index (χ0v) is 10.1. The molecule has 2 rings (SSSR count). The molecule has 0 N–H and O–H groups in total. The summed E-state index contributed by atoms with van der Waals surface area (Å²) >= 11 is 0. The third kappa shape index (κ3) is 3.19. The maximum atomic E-state index is 8.49. The summed E-state index contributed by atoms with van der Waals surface area (Å²) < 4.78 is 4.25. The summed E-state index contributed by atoms with van der Waals surface area (Å²) in [6, 6.07) is 2.21. The van der Waals surface area contributed by atoms with E-state index in [2.05, 4.69) is 22.6 Å². The summed E-state index contributed by atoms with van der Waals surface area (Å²) in [6.07, 6.45) is 4.20. The van der Waals surface area contributed by atoms with Gasteiger partial charge in [0.25, 0.3) is 0 Å². The molecule has 86 valence electrons. The van der Waals surface area contributed by atoms with E-state index in [0.717, 1.165) is 5.92 Å². The van der Waals surface area contributed by atoms with Crippen LogP contribution in [0.5, 0.6) is 0 Å². The number of nitriles is 1. The molecule has 1 aliphatic heterocycles. The van der Waals surface area contributed by atoms with Crippen LogP contribution in [0.15, 0.2) is 0 Å². The van der Waals surface area contributed by atoms with Crippen molar-refractivity contribution < 1.29 is 4.74 Å². The van der Waals surface area contributed by atoms with E-state index in [1.54, 1.807) is 14.2 Å². The molecule has 0 bridgehead atoms. The van der Waals surface area contributed by atoms with Crippen LogP contribution >= 0.6 is 0 Å². The number of methoxy groups -OCH3 is 1. The van der Waals surface area contributed by atoms with Crippen molar-refractivity contribution in [2.45, 2.75) is 26.2 Å². The lowest BCUT2D eigenvalue weighted by atomic mass is 9.78. The SMILES string of the molecule is CC1CCC2(C1)CN(CC#N)C2.COC. The molecule has 2 aliphatic rings. The molecule has 1 heterocycles. The van der Waals surface area contributed by atoms with Gasteiger partial charge in [0.15, 0.2) is 0 Å². The molecule has 1 unspecified atom stereocenters. The van der Waals surface area contributed by atoms with Crippen LogP contribution < -0.4 is 0 Å². The maximum absolute atomic E-state index is 8.49. The minimum Gasteiger partial charge on any atom is -0.388 e. The van der Waals surface area contributed by atoms with Crippen molar-refractivity contribution in [1.29, 1.82) is 5.26 Å². The van der Waals surface area contributed by atoms with Gasteiger partial charge in [-0.05, 0) is 24.2 Å². The van der Waals surface area contributed by atoms with Gasteiger partial charge in [0.2, 0.25) is 0 Å². The first-order valence-corrected chi connectivity index (χ1v) is 5.65. The van der Waals surface area contributed by atoms with Gasteiger partial charge < -0.3 is 4.74 Å². The Balaban J connectivity index is 0.000000337. The number of hydrogen-bond donors (Lipinski definition) is 0. The predicted octanol–water partition coefficient (Wildman–Crippen LogP) is 1.89. The molecule has 1 saturated heterocycles. The van der Waals surface area contributed by atoms with Crippen molar-refractivity contribution in [2.75, 3.05) is 33.9 Å². The Labute approximate surface area is 93.0 Å². The first-order valence-electron chi connectivity index (χ1n) is 5.65. The zero-order valence-electron chi connectivity index (χ0n) is 10.1. The molecular weight excluding hydrogens is 188 g/mol. The van der Waals surface area contributed by atoms with E-state index in [9.17, 15) is 0 Å². The second-order valence-electron chi connectivity index (χ2n) is 5.06. The second-order valence-corrected chi connectivity index (χ2v) is 5.06. The van der Waals surface area contributed by atoms with Crippen molar-refractivity contribution >= 4 is 0 Å². The average molecular weight is 210 g/mol. The van der Waals surface area contributed by atoms with Crippen molar-refractivity contribution in [3.63, 3.8) is 0 Å². The van der Waals surface area contributed by atoms with Gasteiger partial charge in [0.05, 0.1) is 12.6 Å². The second kappa shape index (κ2) is 5.48. The minimum absolute atomic E-state index is 0.635. The first-order chi connectivity index (χ1) is 7.15. The van der Waals surface area contributed by atoms with Crippen LogP contribution in [-0.2, 0) is 4.74 Å². The van der Waals surface area contributed by atoms with Crippen LogP contribution in [0.25, 0.3) is 0 Å². The van der Waals surface area contributed by atoms with Gasteiger partial charge in [-0.3, -0.25) is 4.90 Å². The van der Waals surface area contributed by atoms with E-state index in [1.807, 2.05) is 0 Å². The first kappa shape index (κ1) is 12.5. The minimum atomic E-state index is 0.635. The van der Waals surface area contributed by atoms with E-state index in [1.165, 1.54) is 32.4 Å². The molecule has 1 spiro atoms. The van der Waals surface area contributed by atoms with E-state index < -0.39 is 0 Å². The third-order valence-electron chi connectivity index (χ3n) is 3.36. The molecule has 1 aliphatic carbocycles. The number of hydrogen-bond acceptors (Lipinski definition) is 3. The van der Waals surface area contributed by atoms with Crippen molar-refractivity contribution in [3.8, 4) is 6.07 Å². The molecule has 0 aromatic rings. The van der Waals surface area contributed by atoms with Gasteiger partial charge in [-0.15, -0.1) is 0 Å². The Kier molecular flexibility index (Phi) is 4.56. The quantitative estimate of drug-likeness (QED) is 0.620. The van der Waals surface area contributed by atoms with Gasteiger partial charge in [0, 0.05) is 27.3 Å². The summed E-state index contributed by atoms with van der Waals surface area (Å²) in [6.45, 7) is 5.35. The number of nitrogens with zero attached hydrogens (tertiary/aromatic N) is 2. The largest absolute Gasteiger partial charge is 0.388 e. The fourth-order valence-electron chi connectivity index (χ4n) is 2.90. The Morgan fingerprint density at radius 3 is 2.47 bits per heavy atom. The summed E-state index contributed by atoms with van der Waals surface area (Å²) in [5.74, 6) is 0.925. The van der Waals surface area contributed by atoms with Gasteiger partial charge in [-0.2, -0.15) is 5.26 Å². The van der Waals surface area contributed by atoms with Crippen LogP contribution in [0.2, 0.25) is 0 Å². The average Bonchev–Trinajstić information content (AvgIpc) is 2.49. The molecule has 2 fully saturated rings. The maximum Gasteiger partial charge on any atom is 0.0866 e. The van der Waals surface area contributed by atoms with Gasteiger partial charge in [-0.25, -0.2) is 0 Å². The van der Waals surface area contributed by atoms with E-state index in [0.29, 0.717) is 12.0 Å². The lowest BCUT2D eigenvalue weighted by Gasteiger charge is -2.47. The van der Waals surface area contributed by atoms with Crippen LogP contribution in [0, 0.1) is 22.7 Å². The number of ether oxygens (including phenoxy) is 1. The predicted molar refractivity (Wildman–Crippen MR) is 60.4 cm³/mol. The highest BCUT2D eigenvalue weighted by molar-refractivity contribution is 5.01. The number of likely N-dealkylation sites (tertiary alicyclic amines) is 1. The summed E-state index contributed by atoms with van der Waals surface area (Å²) in [5, 5.41) is 8.49. The standard InChI is InChI=1S/C10H16N2.C2H6O/c1-9-2-3-10(6-9)7-12(8-10)5-4-11;1-3-2/h9H,2-3,5-8H2,1H3;1-2H3.